The van der Waals surface area contributed by atoms with Crippen molar-refractivity contribution in [2.24, 2.45) is 0 Å². The van der Waals surface area contributed by atoms with E-state index in [1.807, 2.05) is 60.0 Å². The summed E-state index contributed by atoms with van der Waals surface area (Å²) >= 11 is 0. The van der Waals surface area contributed by atoms with E-state index in [1.54, 1.807) is 24.8 Å². The van der Waals surface area contributed by atoms with E-state index in [-0.39, 0.29) is 0 Å². The molecule has 1 aromatic carbocycles. The molecule has 0 aliphatic carbocycles. The fraction of sp³-hybridized carbons (Fsp3) is 0.227. The predicted octanol–water partition coefficient (Wildman–Crippen LogP) is 3.74. The largest absolute Gasteiger partial charge is 0.497 e. The van der Waals surface area contributed by atoms with Gasteiger partial charge in [-0.05, 0) is 62.4 Å². The highest BCUT2D eigenvalue weighted by Gasteiger charge is 2.15. The Bertz CT molecular complexity index is 1160. The lowest BCUT2D eigenvalue weighted by Crippen LogP contribution is -2.10. The van der Waals surface area contributed by atoms with Crippen LogP contribution in [-0.4, -0.2) is 39.1 Å². The van der Waals surface area contributed by atoms with Gasteiger partial charge in [-0.15, -0.1) is 0 Å². The first-order valence-corrected chi connectivity index (χ1v) is 9.42. The molecule has 0 aliphatic heterocycles. The average Bonchev–Trinajstić information content (AvgIpc) is 3.33. The molecule has 0 aliphatic rings. The first kappa shape index (κ1) is 18.7. The number of rotatable bonds is 6. The van der Waals surface area contributed by atoms with Crippen LogP contribution >= 0.6 is 0 Å². The van der Waals surface area contributed by atoms with Gasteiger partial charge in [0.2, 0.25) is 0 Å². The Morgan fingerprint density at radius 3 is 2.59 bits per heavy atom. The molecule has 0 saturated carbocycles. The number of fused-ring (bicyclic) bond motifs is 1. The number of esters is 1. The molecule has 0 bridgehead atoms. The van der Waals surface area contributed by atoms with E-state index >= 15 is 0 Å². The maximum Gasteiger partial charge on any atom is 0.358 e. The topological polar surface area (TPSA) is 70.7 Å². The molecule has 0 unspecified atom stereocenters. The van der Waals surface area contributed by atoms with Crippen molar-refractivity contribution in [3.05, 3.63) is 71.7 Å². The van der Waals surface area contributed by atoms with Gasteiger partial charge in [0.05, 0.1) is 37.2 Å². The summed E-state index contributed by atoms with van der Waals surface area (Å²) < 4.78 is 14.0. The molecule has 29 heavy (non-hydrogen) atoms. The van der Waals surface area contributed by atoms with E-state index in [1.165, 1.54) is 0 Å². The van der Waals surface area contributed by atoms with Crippen molar-refractivity contribution in [1.82, 2.24) is 19.4 Å². The average molecular weight is 390 g/mol. The monoisotopic (exact) mass is 390 g/mol. The Hall–Kier alpha value is -3.61. The SMILES string of the molecule is CCOC(=O)c1cc(C)n(Cc2cccc3cc(-c4ccc(OC)cc4)nn23)n1. The van der Waals surface area contributed by atoms with Crippen LogP contribution in [0.25, 0.3) is 16.8 Å². The minimum absolute atomic E-state index is 0.316. The molecule has 0 saturated heterocycles. The van der Waals surface area contributed by atoms with Gasteiger partial charge in [0, 0.05) is 11.3 Å². The Labute approximate surface area is 168 Å². The fourth-order valence-corrected chi connectivity index (χ4v) is 3.22. The Morgan fingerprint density at radius 2 is 1.86 bits per heavy atom. The third-order valence-corrected chi connectivity index (χ3v) is 4.73. The van der Waals surface area contributed by atoms with E-state index in [0.717, 1.165) is 33.9 Å². The highest BCUT2D eigenvalue weighted by atomic mass is 16.5. The van der Waals surface area contributed by atoms with Gasteiger partial charge in [-0.2, -0.15) is 10.2 Å². The molecule has 0 atom stereocenters. The van der Waals surface area contributed by atoms with E-state index in [0.29, 0.717) is 18.8 Å². The molecule has 4 aromatic rings. The van der Waals surface area contributed by atoms with Crippen LogP contribution < -0.4 is 4.74 Å². The molecule has 7 nitrogen and oxygen atoms in total. The van der Waals surface area contributed by atoms with Gasteiger partial charge < -0.3 is 9.47 Å². The summed E-state index contributed by atoms with van der Waals surface area (Å²) in [6.45, 7) is 4.51. The van der Waals surface area contributed by atoms with E-state index in [9.17, 15) is 4.79 Å². The molecule has 0 fully saturated rings. The number of hydrogen-bond acceptors (Lipinski definition) is 5. The van der Waals surface area contributed by atoms with Crippen LogP contribution in [0.2, 0.25) is 0 Å². The van der Waals surface area contributed by atoms with Crippen LogP contribution in [-0.2, 0) is 11.3 Å². The number of carbonyl (C=O) groups excluding carboxylic acids is 1. The smallest absolute Gasteiger partial charge is 0.358 e. The summed E-state index contributed by atoms with van der Waals surface area (Å²) in [4.78, 5) is 12.0. The van der Waals surface area contributed by atoms with Crippen molar-refractivity contribution in [3.63, 3.8) is 0 Å². The van der Waals surface area contributed by atoms with Crippen LogP contribution in [0.5, 0.6) is 5.75 Å². The molecule has 3 aromatic heterocycles. The van der Waals surface area contributed by atoms with E-state index < -0.39 is 5.97 Å². The van der Waals surface area contributed by atoms with Crippen molar-refractivity contribution in [2.75, 3.05) is 13.7 Å². The zero-order valence-corrected chi connectivity index (χ0v) is 16.6. The Kier molecular flexibility index (Phi) is 5.03. The van der Waals surface area contributed by atoms with Crippen molar-refractivity contribution in [3.8, 4) is 17.0 Å². The van der Waals surface area contributed by atoms with Crippen molar-refractivity contribution < 1.29 is 14.3 Å². The molecule has 0 N–H and O–H groups in total. The summed E-state index contributed by atoms with van der Waals surface area (Å²) in [5, 5.41) is 9.18. The lowest BCUT2D eigenvalue weighted by Gasteiger charge is -2.07. The first-order valence-electron chi connectivity index (χ1n) is 9.42. The summed E-state index contributed by atoms with van der Waals surface area (Å²) in [7, 11) is 1.65. The van der Waals surface area contributed by atoms with Crippen LogP contribution in [0.15, 0.2) is 54.6 Å². The molecule has 0 spiro atoms. The van der Waals surface area contributed by atoms with Gasteiger partial charge >= 0.3 is 5.97 Å². The molecule has 7 heteroatoms. The van der Waals surface area contributed by atoms with Crippen molar-refractivity contribution >= 4 is 11.5 Å². The predicted molar refractivity (Wildman–Crippen MR) is 109 cm³/mol. The third kappa shape index (κ3) is 3.71. The van der Waals surface area contributed by atoms with Gasteiger partial charge in [-0.3, -0.25) is 4.68 Å². The zero-order chi connectivity index (χ0) is 20.4. The summed E-state index contributed by atoms with van der Waals surface area (Å²) in [5.41, 5.74) is 5.04. The number of aromatic nitrogens is 4. The Morgan fingerprint density at radius 1 is 1.07 bits per heavy atom. The van der Waals surface area contributed by atoms with E-state index in [4.69, 9.17) is 14.6 Å². The van der Waals surface area contributed by atoms with E-state index in [2.05, 4.69) is 5.10 Å². The van der Waals surface area contributed by atoms with Crippen molar-refractivity contribution in [2.45, 2.75) is 20.4 Å². The number of aryl methyl sites for hydroxylation is 1. The first-order chi connectivity index (χ1) is 14.1. The van der Waals surface area contributed by atoms with Crippen LogP contribution in [0.4, 0.5) is 0 Å². The second-order valence-electron chi connectivity index (χ2n) is 6.66. The number of benzene rings is 1. The maximum atomic E-state index is 12.0. The second-order valence-corrected chi connectivity index (χ2v) is 6.66. The Balaban J connectivity index is 1.66. The summed E-state index contributed by atoms with van der Waals surface area (Å²) in [6, 6.07) is 17.6. The maximum absolute atomic E-state index is 12.0. The van der Waals surface area contributed by atoms with Gasteiger partial charge in [0.1, 0.15) is 5.75 Å². The minimum Gasteiger partial charge on any atom is -0.497 e. The summed E-state index contributed by atoms with van der Waals surface area (Å²) in [5.74, 6) is 0.401. The number of carbonyl (C=O) groups is 1. The third-order valence-electron chi connectivity index (χ3n) is 4.73. The second kappa shape index (κ2) is 7.79. The van der Waals surface area contributed by atoms with Gasteiger partial charge in [-0.25, -0.2) is 9.31 Å². The molecule has 0 amide bonds. The molecule has 148 valence electrons. The number of hydrogen-bond donors (Lipinski definition) is 0. The van der Waals surface area contributed by atoms with Gasteiger partial charge in [0.25, 0.3) is 0 Å². The number of pyridine rings is 1. The van der Waals surface area contributed by atoms with Crippen molar-refractivity contribution in [1.29, 1.82) is 0 Å². The highest BCUT2D eigenvalue weighted by molar-refractivity contribution is 5.87. The standard InChI is InChI=1S/C22H22N4O3/c1-4-29-22(27)21-12-15(2)25(23-21)14-18-7-5-6-17-13-20(24-26(17)18)16-8-10-19(28-3)11-9-16/h5-13H,4,14H2,1-3H3. The fourth-order valence-electron chi connectivity index (χ4n) is 3.22. The van der Waals surface area contributed by atoms with Crippen LogP contribution in [0.1, 0.15) is 28.8 Å². The summed E-state index contributed by atoms with van der Waals surface area (Å²) in [6.07, 6.45) is 0. The molecular weight excluding hydrogens is 368 g/mol. The van der Waals surface area contributed by atoms with Crippen LogP contribution in [0, 0.1) is 6.92 Å². The molecule has 0 radical (unpaired) electrons. The molecule has 4 rings (SSSR count). The number of ether oxygens (including phenoxy) is 2. The quantitative estimate of drug-likeness (QED) is 0.469. The highest BCUT2D eigenvalue weighted by Crippen LogP contribution is 2.23. The molecular formula is C22H22N4O3. The lowest BCUT2D eigenvalue weighted by molar-refractivity contribution is 0.0518. The van der Waals surface area contributed by atoms with Gasteiger partial charge in [0.15, 0.2) is 5.69 Å². The number of nitrogens with zero attached hydrogens (tertiary/aromatic N) is 4. The molecule has 3 heterocycles. The lowest BCUT2D eigenvalue weighted by atomic mass is 10.1. The minimum atomic E-state index is -0.409. The number of methoxy groups -OCH3 is 1. The zero-order valence-electron chi connectivity index (χ0n) is 16.6. The van der Waals surface area contributed by atoms with Gasteiger partial charge in [-0.1, -0.05) is 6.07 Å². The normalized spacial score (nSPS) is 11.0. The van der Waals surface area contributed by atoms with Crippen LogP contribution in [0.3, 0.4) is 0 Å².